The van der Waals surface area contributed by atoms with Crippen LogP contribution in [0.1, 0.15) is 27.2 Å². The fourth-order valence-electron chi connectivity index (χ4n) is 3.19. The van der Waals surface area contributed by atoms with Gasteiger partial charge >= 0.3 is 6.03 Å². The van der Waals surface area contributed by atoms with Gasteiger partial charge in [0.05, 0.1) is 10.2 Å². The first-order valence-corrected chi connectivity index (χ1v) is 10.5. The van der Waals surface area contributed by atoms with Crippen LogP contribution in [0.2, 0.25) is 0 Å². The SMILES string of the molecule is CC(C)(C)NC(=O)Nc1cc(-c2nc(N[C@@H]3CCNC3)c3sccc3n2)ccn1. The number of hydrogen-bond acceptors (Lipinski definition) is 7. The number of fused-ring (bicyclic) bond motifs is 1. The number of carbonyl (C=O) groups excluding carboxylic acids is 1. The summed E-state index contributed by atoms with van der Waals surface area (Å²) in [5.74, 6) is 1.91. The normalized spacial score (nSPS) is 16.7. The second-order valence-electron chi connectivity index (χ2n) is 8.12. The number of aromatic nitrogens is 3. The lowest BCUT2D eigenvalue weighted by molar-refractivity contribution is 0.243. The Bertz CT molecular complexity index is 1020. The van der Waals surface area contributed by atoms with Crippen molar-refractivity contribution in [3.05, 3.63) is 29.8 Å². The number of anilines is 2. The molecule has 0 spiro atoms. The highest BCUT2D eigenvalue weighted by Gasteiger charge is 2.18. The minimum Gasteiger partial charge on any atom is -0.365 e. The van der Waals surface area contributed by atoms with Crippen molar-refractivity contribution in [2.45, 2.75) is 38.8 Å². The Labute approximate surface area is 173 Å². The molecule has 4 heterocycles. The quantitative estimate of drug-likeness (QED) is 0.524. The summed E-state index contributed by atoms with van der Waals surface area (Å²) in [6.45, 7) is 7.72. The smallest absolute Gasteiger partial charge is 0.320 e. The van der Waals surface area contributed by atoms with Crippen LogP contribution in [-0.2, 0) is 0 Å². The predicted octanol–water partition coefficient (Wildman–Crippen LogP) is 3.45. The maximum atomic E-state index is 12.2. The molecule has 3 aromatic heterocycles. The highest BCUT2D eigenvalue weighted by Crippen LogP contribution is 2.30. The molecule has 0 radical (unpaired) electrons. The van der Waals surface area contributed by atoms with E-state index >= 15 is 0 Å². The third kappa shape index (κ3) is 4.80. The predicted molar refractivity (Wildman–Crippen MR) is 117 cm³/mol. The minimum atomic E-state index is -0.329. The topological polar surface area (TPSA) is 104 Å². The van der Waals surface area contributed by atoms with Crippen molar-refractivity contribution in [2.24, 2.45) is 0 Å². The molecule has 2 amide bonds. The van der Waals surface area contributed by atoms with Gasteiger partial charge in [-0.2, -0.15) is 0 Å². The second kappa shape index (κ2) is 7.92. The summed E-state index contributed by atoms with van der Waals surface area (Å²) in [4.78, 5) is 25.9. The van der Waals surface area contributed by atoms with Gasteiger partial charge in [-0.3, -0.25) is 5.32 Å². The number of urea groups is 1. The van der Waals surface area contributed by atoms with E-state index in [0.717, 1.165) is 41.1 Å². The monoisotopic (exact) mass is 411 g/mol. The number of hydrogen-bond donors (Lipinski definition) is 4. The highest BCUT2D eigenvalue weighted by atomic mass is 32.1. The van der Waals surface area contributed by atoms with Gasteiger partial charge < -0.3 is 16.0 Å². The summed E-state index contributed by atoms with van der Waals surface area (Å²) < 4.78 is 1.05. The van der Waals surface area contributed by atoms with Gasteiger partial charge in [0.1, 0.15) is 11.6 Å². The van der Waals surface area contributed by atoms with Crippen molar-refractivity contribution in [3.63, 3.8) is 0 Å². The number of nitrogens with zero attached hydrogens (tertiary/aromatic N) is 3. The largest absolute Gasteiger partial charge is 0.365 e. The number of rotatable bonds is 4. The van der Waals surface area contributed by atoms with Crippen LogP contribution < -0.4 is 21.3 Å². The molecule has 9 heteroatoms. The fourth-order valence-corrected chi connectivity index (χ4v) is 3.97. The van der Waals surface area contributed by atoms with E-state index in [-0.39, 0.29) is 11.6 Å². The first-order valence-electron chi connectivity index (χ1n) is 9.65. The van der Waals surface area contributed by atoms with E-state index in [1.165, 1.54) is 0 Å². The Kier molecular flexibility index (Phi) is 5.33. The highest BCUT2D eigenvalue weighted by molar-refractivity contribution is 7.17. The summed E-state index contributed by atoms with van der Waals surface area (Å²) in [6, 6.07) is 5.70. The van der Waals surface area contributed by atoms with Crippen LogP contribution in [0.15, 0.2) is 29.8 Å². The molecular formula is C20H25N7OS. The molecular weight excluding hydrogens is 386 g/mol. The van der Waals surface area contributed by atoms with Gasteiger partial charge in [0.15, 0.2) is 5.82 Å². The fraction of sp³-hybridized carbons (Fsp3) is 0.400. The van der Waals surface area contributed by atoms with Gasteiger partial charge in [0.2, 0.25) is 0 Å². The van der Waals surface area contributed by atoms with E-state index in [1.807, 2.05) is 38.3 Å². The lowest BCUT2D eigenvalue weighted by Gasteiger charge is -2.20. The number of thiophene rings is 1. The zero-order valence-electron chi connectivity index (χ0n) is 16.7. The standard InChI is InChI=1S/C20H25N7OS/c1-20(2,3)27-19(28)25-15-10-12(4-8-22-15)17-24-14-6-9-29-16(14)18(26-17)23-13-5-7-21-11-13/h4,6,8-10,13,21H,5,7,11H2,1-3H3,(H,23,24,26)(H2,22,25,27,28)/t13-/m1/s1. The number of amides is 2. The van der Waals surface area contributed by atoms with Gasteiger partial charge in [0.25, 0.3) is 0 Å². The van der Waals surface area contributed by atoms with Gasteiger partial charge in [0, 0.05) is 29.9 Å². The Morgan fingerprint density at radius 2 is 2.14 bits per heavy atom. The van der Waals surface area contributed by atoms with Crippen LogP contribution in [-0.4, -0.2) is 45.7 Å². The molecule has 1 fully saturated rings. The van der Waals surface area contributed by atoms with Crippen molar-refractivity contribution in [3.8, 4) is 11.4 Å². The van der Waals surface area contributed by atoms with Crippen molar-refractivity contribution < 1.29 is 4.79 Å². The third-order valence-electron chi connectivity index (χ3n) is 4.45. The van der Waals surface area contributed by atoms with Crippen LogP contribution in [0.3, 0.4) is 0 Å². The van der Waals surface area contributed by atoms with Crippen LogP contribution in [0, 0.1) is 0 Å². The Balaban J connectivity index is 1.61. The van der Waals surface area contributed by atoms with E-state index in [4.69, 9.17) is 9.97 Å². The average molecular weight is 412 g/mol. The van der Waals surface area contributed by atoms with E-state index in [0.29, 0.717) is 17.7 Å². The molecule has 3 aromatic rings. The number of carbonyl (C=O) groups is 1. The van der Waals surface area contributed by atoms with E-state index in [2.05, 4.69) is 26.3 Å². The molecule has 1 aliphatic heterocycles. The zero-order chi connectivity index (χ0) is 20.4. The summed E-state index contributed by atoms with van der Waals surface area (Å²) >= 11 is 1.63. The molecule has 29 heavy (non-hydrogen) atoms. The Morgan fingerprint density at radius 3 is 2.90 bits per heavy atom. The van der Waals surface area contributed by atoms with Gasteiger partial charge in [-0.1, -0.05) is 0 Å². The van der Waals surface area contributed by atoms with Crippen molar-refractivity contribution >= 4 is 39.2 Å². The molecule has 8 nitrogen and oxygen atoms in total. The maximum absolute atomic E-state index is 12.2. The van der Waals surface area contributed by atoms with E-state index in [1.54, 1.807) is 23.6 Å². The summed E-state index contributed by atoms with van der Waals surface area (Å²) in [5, 5.41) is 14.6. The maximum Gasteiger partial charge on any atom is 0.320 e. The molecule has 0 aliphatic carbocycles. The van der Waals surface area contributed by atoms with Crippen LogP contribution >= 0.6 is 11.3 Å². The molecule has 152 valence electrons. The third-order valence-corrected chi connectivity index (χ3v) is 5.36. The summed E-state index contributed by atoms with van der Waals surface area (Å²) in [7, 11) is 0. The lowest BCUT2D eigenvalue weighted by atomic mass is 10.1. The molecule has 4 N–H and O–H groups in total. The minimum absolute atomic E-state index is 0.299. The Morgan fingerprint density at radius 1 is 1.28 bits per heavy atom. The van der Waals surface area contributed by atoms with E-state index in [9.17, 15) is 4.79 Å². The van der Waals surface area contributed by atoms with Crippen molar-refractivity contribution in [2.75, 3.05) is 23.7 Å². The molecule has 0 unspecified atom stereocenters. The summed E-state index contributed by atoms with van der Waals surface area (Å²) in [5.41, 5.74) is 1.38. The van der Waals surface area contributed by atoms with Gasteiger partial charge in [-0.15, -0.1) is 11.3 Å². The first kappa shape index (κ1) is 19.5. The molecule has 1 saturated heterocycles. The molecule has 0 saturated carbocycles. The zero-order valence-corrected chi connectivity index (χ0v) is 17.6. The van der Waals surface area contributed by atoms with Gasteiger partial charge in [-0.25, -0.2) is 19.7 Å². The molecule has 0 bridgehead atoms. The lowest BCUT2D eigenvalue weighted by Crippen LogP contribution is -2.43. The Hall–Kier alpha value is -2.78. The molecule has 1 atom stereocenters. The van der Waals surface area contributed by atoms with Crippen LogP contribution in [0.5, 0.6) is 0 Å². The van der Waals surface area contributed by atoms with Gasteiger partial charge in [-0.05, 0) is 57.3 Å². The number of pyridine rings is 1. The number of nitrogens with one attached hydrogen (secondary N) is 4. The molecule has 4 rings (SSSR count). The first-order chi connectivity index (χ1) is 13.9. The summed E-state index contributed by atoms with van der Waals surface area (Å²) in [6.07, 6.45) is 2.72. The van der Waals surface area contributed by atoms with Crippen molar-refractivity contribution in [1.29, 1.82) is 0 Å². The van der Waals surface area contributed by atoms with Crippen molar-refractivity contribution in [1.82, 2.24) is 25.6 Å². The molecule has 0 aromatic carbocycles. The van der Waals surface area contributed by atoms with Crippen LogP contribution in [0.25, 0.3) is 21.6 Å². The molecule has 1 aliphatic rings. The average Bonchev–Trinajstić information content (AvgIpc) is 3.31. The van der Waals surface area contributed by atoms with Crippen LogP contribution in [0.4, 0.5) is 16.4 Å². The van der Waals surface area contributed by atoms with E-state index < -0.39 is 0 Å². The second-order valence-corrected chi connectivity index (χ2v) is 9.04.